The smallest absolute Gasteiger partial charge is 0.223 e. The van der Waals surface area contributed by atoms with E-state index in [0.29, 0.717) is 13.0 Å². The lowest BCUT2D eigenvalue weighted by Crippen LogP contribution is -2.48. The molecule has 0 aliphatic carbocycles. The summed E-state index contributed by atoms with van der Waals surface area (Å²) in [6.07, 6.45) is 2.24. The third-order valence-corrected chi connectivity index (χ3v) is 2.80. The molecule has 1 aliphatic heterocycles. The minimum atomic E-state index is -0.688. The van der Waals surface area contributed by atoms with Crippen molar-refractivity contribution in [2.45, 2.75) is 31.8 Å². The summed E-state index contributed by atoms with van der Waals surface area (Å²) in [5, 5.41) is 9.87. The molecule has 0 radical (unpaired) electrons. The Hall–Kier alpha value is -0.610. The van der Waals surface area contributed by atoms with Crippen LogP contribution in [0.15, 0.2) is 0 Å². The number of hydrogen-bond acceptors (Lipinski definition) is 3. The van der Waals surface area contributed by atoms with Crippen LogP contribution in [0.4, 0.5) is 0 Å². The second-order valence-corrected chi connectivity index (χ2v) is 4.97. The Labute approximate surface area is 91.9 Å². The molecule has 1 heterocycles. The predicted molar refractivity (Wildman–Crippen MR) is 59.6 cm³/mol. The molecule has 1 amide bonds. The Morgan fingerprint density at radius 2 is 2.20 bits per heavy atom. The predicted octanol–water partition coefficient (Wildman–Crippen LogP) is 0.311. The van der Waals surface area contributed by atoms with E-state index in [1.54, 1.807) is 11.8 Å². The number of amides is 1. The molecule has 0 saturated carbocycles. The number of hydrogen-bond donors (Lipinski definition) is 1. The van der Waals surface area contributed by atoms with Crippen molar-refractivity contribution in [3.63, 3.8) is 0 Å². The van der Waals surface area contributed by atoms with Crippen LogP contribution in [0.25, 0.3) is 0 Å². The number of β-amino-alcohol motifs (C(OH)–C–C–N with tert-alkyl or cyclic N) is 1. The van der Waals surface area contributed by atoms with Gasteiger partial charge in [-0.15, -0.1) is 0 Å². The molecule has 0 aromatic heterocycles. The van der Waals surface area contributed by atoms with Crippen LogP contribution in [0.2, 0.25) is 0 Å². The maximum Gasteiger partial charge on any atom is 0.223 e. The molecular formula is C11H22N2O2. The van der Waals surface area contributed by atoms with Crippen molar-refractivity contribution < 1.29 is 9.90 Å². The largest absolute Gasteiger partial charge is 0.388 e. The van der Waals surface area contributed by atoms with E-state index in [1.165, 1.54) is 0 Å². The van der Waals surface area contributed by atoms with Crippen LogP contribution in [0.1, 0.15) is 26.2 Å². The van der Waals surface area contributed by atoms with Gasteiger partial charge < -0.3 is 14.9 Å². The summed E-state index contributed by atoms with van der Waals surface area (Å²) in [4.78, 5) is 15.6. The molecule has 0 bridgehead atoms. The highest BCUT2D eigenvalue weighted by atomic mass is 16.3. The number of carbonyl (C=O) groups is 1. The number of rotatable bonds is 3. The highest BCUT2D eigenvalue weighted by molar-refractivity contribution is 5.76. The van der Waals surface area contributed by atoms with E-state index < -0.39 is 5.60 Å². The van der Waals surface area contributed by atoms with E-state index in [-0.39, 0.29) is 5.91 Å². The van der Waals surface area contributed by atoms with Crippen molar-refractivity contribution in [3.8, 4) is 0 Å². The van der Waals surface area contributed by atoms with Crippen molar-refractivity contribution in [2.75, 3.05) is 33.7 Å². The molecule has 0 spiro atoms. The van der Waals surface area contributed by atoms with E-state index >= 15 is 0 Å². The Balaban J connectivity index is 2.39. The van der Waals surface area contributed by atoms with Crippen molar-refractivity contribution in [3.05, 3.63) is 0 Å². The molecule has 0 aromatic rings. The lowest BCUT2D eigenvalue weighted by molar-refractivity contribution is -0.137. The Morgan fingerprint density at radius 3 is 2.73 bits per heavy atom. The van der Waals surface area contributed by atoms with Gasteiger partial charge in [-0.3, -0.25) is 4.79 Å². The average molecular weight is 214 g/mol. The third kappa shape index (κ3) is 4.18. The molecule has 15 heavy (non-hydrogen) atoms. The molecule has 4 heteroatoms. The molecule has 1 N–H and O–H groups in total. The zero-order chi connectivity index (χ0) is 11.5. The molecular weight excluding hydrogens is 192 g/mol. The van der Waals surface area contributed by atoms with E-state index in [2.05, 4.69) is 0 Å². The maximum absolute atomic E-state index is 11.8. The molecule has 1 rings (SSSR count). The van der Waals surface area contributed by atoms with Gasteiger partial charge in [0.1, 0.15) is 0 Å². The number of piperidine rings is 1. The molecule has 4 nitrogen and oxygen atoms in total. The van der Waals surface area contributed by atoms with Crippen LogP contribution in [0.5, 0.6) is 0 Å². The standard InChI is InChI=1S/C11H22N2O2/c1-11(15)6-4-7-13(9-11)10(14)5-8-12(2)3/h15H,4-9H2,1-3H3. The second kappa shape index (κ2) is 4.94. The van der Waals surface area contributed by atoms with Gasteiger partial charge >= 0.3 is 0 Å². The summed E-state index contributed by atoms with van der Waals surface area (Å²) < 4.78 is 0. The molecule has 1 unspecified atom stereocenters. The fourth-order valence-corrected chi connectivity index (χ4v) is 1.91. The first kappa shape index (κ1) is 12.5. The van der Waals surface area contributed by atoms with Crippen molar-refractivity contribution in [2.24, 2.45) is 0 Å². The van der Waals surface area contributed by atoms with E-state index in [1.807, 2.05) is 19.0 Å². The van der Waals surface area contributed by atoms with Gasteiger partial charge in [0.25, 0.3) is 0 Å². The zero-order valence-electron chi connectivity index (χ0n) is 9.99. The van der Waals surface area contributed by atoms with Gasteiger partial charge in [-0.05, 0) is 33.9 Å². The van der Waals surface area contributed by atoms with Crippen molar-refractivity contribution in [1.82, 2.24) is 9.80 Å². The maximum atomic E-state index is 11.8. The summed E-state index contributed by atoms with van der Waals surface area (Å²) in [6, 6.07) is 0. The van der Waals surface area contributed by atoms with E-state index in [9.17, 15) is 9.90 Å². The lowest BCUT2D eigenvalue weighted by Gasteiger charge is -2.37. The molecule has 1 fully saturated rings. The zero-order valence-corrected chi connectivity index (χ0v) is 9.99. The van der Waals surface area contributed by atoms with Gasteiger partial charge in [-0.1, -0.05) is 0 Å². The highest BCUT2D eigenvalue weighted by Crippen LogP contribution is 2.20. The van der Waals surface area contributed by atoms with Crippen molar-refractivity contribution in [1.29, 1.82) is 0 Å². The summed E-state index contributed by atoms with van der Waals surface area (Å²) in [5.41, 5.74) is -0.688. The summed E-state index contributed by atoms with van der Waals surface area (Å²) in [5.74, 6) is 0.156. The first-order chi connectivity index (χ1) is 6.91. The number of likely N-dealkylation sites (tertiary alicyclic amines) is 1. The average Bonchev–Trinajstić information content (AvgIpc) is 2.12. The van der Waals surface area contributed by atoms with E-state index in [4.69, 9.17) is 0 Å². The molecule has 1 aliphatic rings. The van der Waals surface area contributed by atoms with Crippen molar-refractivity contribution >= 4 is 5.91 Å². The Morgan fingerprint density at radius 1 is 1.53 bits per heavy atom. The van der Waals surface area contributed by atoms with Gasteiger partial charge in [-0.2, -0.15) is 0 Å². The third-order valence-electron chi connectivity index (χ3n) is 2.80. The monoisotopic (exact) mass is 214 g/mol. The topological polar surface area (TPSA) is 43.8 Å². The molecule has 1 atom stereocenters. The van der Waals surface area contributed by atoms with Crippen LogP contribution in [0, 0.1) is 0 Å². The number of carbonyl (C=O) groups excluding carboxylic acids is 1. The van der Waals surface area contributed by atoms with Crippen LogP contribution >= 0.6 is 0 Å². The fourth-order valence-electron chi connectivity index (χ4n) is 1.91. The van der Waals surface area contributed by atoms with Gasteiger partial charge in [-0.25, -0.2) is 0 Å². The summed E-state index contributed by atoms with van der Waals surface area (Å²) >= 11 is 0. The van der Waals surface area contributed by atoms with Gasteiger partial charge in [0, 0.05) is 26.1 Å². The first-order valence-electron chi connectivity index (χ1n) is 5.56. The Kier molecular flexibility index (Phi) is 4.11. The Bertz CT molecular complexity index is 227. The minimum Gasteiger partial charge on any atom is -0.388 e. The molecule has 1 saturated heterocycles. The van der Waals surface area contributed by atoms with Crippen LogP contribution in [-0.2, 0) is 4.79 Å². The minimum absolute atomic E-state index is 0.156. The fraction of sp³-hybridized carbons (Fsp3) is 0.909. The first-order valence-corrected chi connectivity index (χ1v) is 5.56. The van der Waals surface area contributed by atoms with Crippen LogP contribution in [-0.4, -0.2) is 60.1 Å². The molecule has 88 valence electrons. The lowest BCUT2D eigenvalue weighted by atomic mass is 9.95. The molecule has 0 aromatic carbocycles. The SMILES string of the molecule is CN(C)CCC(=O)N1CCCC(C)(O)C1. The number of aliphatic hydroxyl groups is 1. The second-order valence-electron chi connectivity index (χ2n) is 4.97. The highest BCUT2D eigenvalue weighted by Gasteiger charge is 2.30. The van der Waals surface area contributed by atoms with Gasteiger partial charge in [0.05, 0.1) is 5.60 Å². The van der Waals surface area contributed by atoms with Crippen LogP contribution in [0.3, 0.4) is 0 Å². The van der Waals surface area contributed by atoms with Crippen LogP contribution < -0.4 is 0 Å². The summed E-state index contributed by atoms with van der Waals surface area (Å²) in [6.45, 7) is 3.86. The summed E-state index contributed by atoms with van der Waals surface area (Å²) in [7, 11) is 3.92. The van der Waals surface area contributed by atoms with E-state index in [0.717, 1.165) is 25.9 Å². The normalized spacial score (nSPS) is 27.1. The quantitative estimate of drug-likeness (QED) is 0.735. The number of nitrogens with zero attached hydrogens (tertiary/aromatic N) is 2. The van der Waals surface area contributed by atoms with Gasteiger partial charge in [0.15, 0.2) is 0 Å². The van der Waals surface area contributed by atoms with Gasteiger partial charge in [0.2, 0.25) is 5.91 Å².